The van der Waals surface area contributed by atoms with Gasteiger partial charge in [0.1, 0.15) is 11.3 Å². The zero-order chi connectivity index (χ0) is 23.0. The average molecular weight is 453 g/mol. The molecule has 0 spiro atoms. The number of aliphatic carboxylic acids is 1. The van der Waals surface area contributed by atoms with E-state index in [-0.39, 0.29) is 42.0 Å². The molecule has 2 fully saturated rings. The van der Waals surface area contributed by atoms with E-state index in [0.717, 1.165) is 0 Å². The van der Waals surface area contributed by atoms with Crippen molar-refractivity contribution in [3.63, 3.8) is 0 Å². The third-order valence-corrected chi connectivity index (χ3v) is 8.59. The summed E-state index contributed by atoms with van der Waals surface area (Å²) in [5.41, 5.74) is -1.52. The normalized spacial score (nSPS) is 26.7. The van der Waals surface area contributed by atoms with Crippen molar-refractivity contribution in [3.8, 4) is 5.75 Å². The van der Waals surface area contributed by atoms with Gasteiger partial charge < -0.3 is 14.7 Å². The number of hydrogen-bond donors (Lipinski definition) is 1. The molecule has 0 bridgehead atoms. The van der Waals surface area contributed by atoms with Crippen molar-refractivity contribution in [1.29, 1.82) is 0 Å². The second-order valence-corrected chi connectivity index (χ2v) is 10.7. The highest BCUT2D eigenvalue weighted by molar-refractivity contribution is 7.89. The number of rotatable bonds is 7. The predicted octanol–water partition coefficient (Wildman–Crippen LogP) is 2.59. The highest BCUT2D eigenvalue weighted by Crippen LogP contribution is 2.47. The summed E-state index contributed by atoms with van der Waals surface area (Å²) >= 11 is 0. The first-order valence-electron chi connectivity index (χ1n) is 10.8. The van der Waals surface area contributed by atoms with Gasteiger partial charge in [-0.3, -0.25) is 9.59 Å². The number of carboxylic acids is 1. The first-order chi connectivity index (χ1) is 14.6. The van der Waals surface area contributed by atoms with E-state index in [4.69, 9.17) is 4.74 Å². The molecule has 2 aliphatic heterocycles. The second-order valence-electron chi connectivity index (χ2n) is 8.92. The van der Waals surface area contributed by atoms with Gasteiger partial charge in [0.25, 0.3) is 0 Å². The second kappa shape index (κ2) is 8.78. The number of carbonyl (C=O) groups is 2. The van der Waals surface area contributed by atoms with E-state index in [1.54, 1.807) is 24.0 Å². The fourth-order valence-corrected chi connectivity index (χ4v) is 6.98. The topological polar surface area (TPSA) is 104 Å². The molecule has 1 amide bonds. The minimum Gasteiger partial charge on any atom is -0.497 e. The van der Waals surface area contributed by atoms with Crippen LogP contribution in [0.2, 0.25) is 0 Å². The first kappa shape index (κ1) is 23.5. The number of fused-ring (bicyclic) bond motifs is 1. The fraction of sp³-hybridized carbons (Fsp3) is 0.636. The molecule has 2 aliphatic rings. The number of ether oxygens (including phenoxy) is 1. The molecule has 3 atom stereocenters. The highest BCUT2D eigenvalue weighted by Gasteiger charge is 2.61. The Morgan fingerprint density at radius 2 is 1.90 bits per heavy atom. The molecule has 0 saturated carbocycles. The standard InChI is InChI=1S/C22H32N2O6S/c1-5-22(21(26)27)13-16-10-11-23(20(25)12-15(2)3)14-19(16)24(22)31(28,29)18-8-6-17(30-4)7-9-18/h6-9,15-16,19H,5,10-14H2,1-4H3,(H,26,27)/t16-,19-,22-/m0/s1. The van der Waals surface area contributed by atoms with Gasteiger partial charge in [-0.25, -0.2) is 8.42 Å². The molecule has 172 valence electrons. The van der Waals surface area contributed by atoms with Crippen molar-refractivity contribution in [3.05, 3.63) is 24.3 Å². The number of piperidine rings is 1. The molecular weight excluding hydrogens is 420 g/mol. The SMILES string of the molecule is CC[C@@]1(C(=O)O)C[C@@H]2CCN(C(=O)CC(C)C)C[C@@H]2N1S(=O)(=O)c1ccc(OC)cc1. The number of hydrogen-bond acceptors (Lipinski definition) is 5. The quantitative estimate of drug-likeness (QED) is 0.682. The summed E-state index contributed by atoms with van der Waals surface area (Å²) in [6, 6.07) is 5.42. The van der Waals surface area contributed by atoms with Crippen molar-refractivity contribution in [2.75, 3.05) is 20.2 Å². The Morgan fingerprint density at radius 3 is 2.42 bits per heavy atom. The summed E-state index contributed by atoms with van der Waals surface area (Å²) < 4.78 is 33.8. The largest absolute Gasteiger partial charge is 0.497 e. The van der Waals surface area contributed by atoms with Crippen molar-refractivity contribution in [1.82, 2.24) is 9.21 Å². The Bertz CT molecular complexity index is 930. The molecule has 31 heavy (non-hydrogen) atoms. The Morgan fingerprint density at radius 1 is 1.26 bits per heavy atom. The Hall–Kier alpha value is -2.13. The number of likely N-dealkylation sites (tertiary alicyclic amines) is 1. The Kier molecular flexibility index (Phi) is 6.67. The maximum atomic E-state index is 13.7. The van der Waals surface area contributed by atoms with E-state index in [0.29, 0.717) is 25.1 Å². The smallest absolute Gasteiger partial charge is 0.325 e. The molecule has 0 aliphatic carbocycles. The highest BCUT2D eigenvalue weighted by atomic mass is 32.2. The Balaban J connectivity index is 2.03. The van der Waals surface area contributed by atoms with Crippen LogP contribution >= 0.6 is 0 Å². The first-order valence-corrected chi connectivity index (χ1v) is 12.2. The summed E-state index contributed by atoms with van der Waals surface area (Å²) in [4.78, 5) is 26.9. The summed E-state index contributed by atoms with van der Waals surface area (Å²) in [6.07, 6.45) is 1.40. The molecular formula is C22H32N2O6S. The van der Waals surface area contributed by atoms with Gasteiger partial charge in [0.15, 0.2) is 0 Å². The van der Waals surface area contributed by atoms with E-state index in [1.807, 2.05) is 13.8 Å². The van der Waals surface area contributed by atoms with Gasteiger partial charge in [-0.15, -0.1) is 0 Å². The van der Waals surface area contributed by atoms with Crippen molar-refractivity contribution in [2.24, 2.45) is 11.8 Å². The summed E-state index contributed by atoms with van der Waals surface area (Å²) in [7, 11) is -2.62. The lowest BCUT2D eigenvalue weighted by Gasteiger charge is -2.40. The molecule has 1 N–H and O–H groups in total. The molecule has 1 aromatic rings. The van der Waals surface area contributed by atoms with E-state index < -0.39 is 27.6 Å². The average Bonchev–Trinajstić information content (AvgIpc) is 3.09. The van der Waals surface area contributed by atoms with Gasteiger partial charge in [-0.1, -0.05) is 20.8 Å². The number of amides is 1. The van der Waals surface area contributed by atoms with Crippen LogP contribution in [0.5, 0.6) is 5.75 Å². The lowest BCUT2D eigenvalue weighted by atomic mass is 9.85. The van der Waals surface area contributed by atoms with Crippen LogP contribution in [0.15, 0.2) is 29.2 Å². The predicted molar refractivity (Wildman–Crippen MR) is 115 cm³/mol. The zero-order valence-electron chi connectivity index (χ0n) is 18.6. The lowest BCUT2D eigenvalue weighted by Crippen LogP contribution is -2.58. The molecule has 3 rings (SSSR count). The van der Waals surface area contributed by atoms with Crippen LogP contribution in [0, 0.1) is 11.8 Å². The summed E-state index contributed by atoms with van der Waals surface area (Å²) in [5, 5.41) is 10.2. The van der Waals surface area contributed by atoms with Crippen LogP contribution in [-0.2, 0) is 19.6 Å². The minimum atomic E-state index is -4.11. The van der Waals surface area contributed by atoms with Crippen molar-refractivity contribution >= 4 is 21.9 Å². The van der Waals surface area contributed by atoms with E-state index in [9.17, 15) is 23.1 Å². The number of methoxy groups -OCH3 is 1. The van der Waals surface area contributed by atoms with E-state index >= 15 is 0 Å². The van der Waals surface area contributed by atoms with Gasteiger partial charge >= 0.3 is 5.97 Å². The molecule has 1 aromatic carbocycles. The number of carboxylic acid groups (broad SMARTS) is 1. The lowest BCUT2D eigenvalue weighted by molar-refractivity contribution is -0.147. The summed E-state index contributed by atoms with van der Waals surface area (Å²) in [5.74, 6) is -0.545. The van der Waals surface area contributed by atoms with Gasteiger partial charge in [-0.2, -0.15) is 4.31 Å². The van der Waals surface area contributed by atoms with Crippen LogP contribution in [-0.4, -0.2) is 66.4 Å². The van der Waals surface area contributed by atoms with Crippen LogP contribution in [0.4, 0.5) is 0 Å². The molecule has 0 aromatic heterocycles. The van der Waals surface area contributed by atoms with E-state index in [1.165, 1.54) is 23.5 Å². The fourth-order valence-electron chi connectivity index (χ4n) is 4.93. The molecule has 2 heterocycles. The molecule has 0 unspecified atom stereocenters. The third-order valence-electron chi connectivity index (χ3n) is 6.58. The van der Waals surface area contributed by atoms with Gasteiger partial charge in [0.05, 0.1) is 12.0 Å². The Labute approximate surface area is 184 Å². The number of sulfonamides is 1. The number of benzene rings is 1. The molecule has 0 radical (unpaired) electrons. The minimum absolute atomic E-state index is 0.0143. The zero-order valence-corrected chi connectivity index (χ0v) is 19.4. The van der Waals surface area contributed by atoms with Crippen LogP contribution in [0.1, 0.15) is 46.5 Å². The van der Waals surface area contributed by atoms with Crippen molar-refractivity contribution in [2.45, 2.75) is 62.9 Å². The van der Waals surface area contributed by atoms with Gasteiger partial charge in [-0.05, 0) is 55.4 Å². The molecule has 9 heteroatoms. The van der Waals surface area contributed by atoms with Gasteiger partial charge in [0, 0.05) is 25.6 Å². The van der Waals surface area contributed by atoms with E-state index in [2.05, 4.69) is 0 Å². The maximum Gasteiger partial charge on any atom is 0.325 e. The monoisotopic (exact) mass is 452 g/mol. The van der Waals surface area contributed by atoms with Crippen LogP contribution in [0.25, 0.3) is 0 Å². The number of carbonyl (C=O) groups excluding carboxylic acids is 1. The van der Waals surface area contributed by atoms with Gasteiger partial charge in [0.2, 0.25) is 15.9 Å². The van der Waals surface area contributed by atoms with Crippen molar-refractivity contribution < 1.29 is 27.9 Å². The number of nitrogens with zero attached hydrogens (tertiary/aromatic N) is 2. The summed E-state index contributed by atoms with van der Waals surface area (Å²) in [6.45, 7) is 6.40. The molecule has 2 saturated heterocycles. The third kappa shape index (κ3) is 4.17. The van der Waals surface area contributed by atoms with Crippen LogP contribution in [0.3, 0.4) is 0 Å². The van der Waals surface area contributed by atoms with Crippen LogP contribution < -0.4 is 4.74 Å². The molecule has 8 nitrogen and oxygen atoms in total. The maximum absolute atomic E-state index is 13.7.